The van der Waals surface area contributed by atoms with E-state index in [9.17, 15) is 54.0 Å². The van der Waals surface area contributed by atoms with Crippen LogP contribution in [0.5, 0.6) is 5.75 Å². The molecule has 0 aliphatic heterocycles. The highest BCUT2D eigenvalue weighted by Gasteiger charge is 2.33. The molecule has 0 aromatic heterocycles. The van der Waals surface area contributed by atoms with Crippen LogP contribution in [0.4, 0.5) is 0 Å². The van der Waals surface area contributed by atoms with E-state index in [0.717, 1.165) is 24.8 Å². The van der Waals surface area contributed by atoms with Gasteiger partial charge in [0.2, 0.25) is 29.5 Å². The molecule has 0 fully saturated rings. The number of carboxylic acids is 2. The molecule has 5 amide bonds. The third-order valence-corrected chi connectivity index (χ3v) is 10.9. The molecule has 5 atom stereocenters. The largest absolute Gasteiger partial charge is 0.508 e. The minimum atomic E-state index is -1.60. The molecule has 0 saturated heterocycles. The third kappa shape index (κ3) is 23.3. The van der Waals surface area contributed by atoms with Crippen molar-refractivity contribution in [3.05, 3.63) is 65.7 Å². The lowest BCUT2D eigenvalue weighted by molar-refractivity contribution is -0.143. The van der Waals surface area contributed by atoms with Gasteiger partial charge < -0.3 is 47.0 Å². The zero-order valence-corrected chi connectivity index (χ0v) is 37.9. The smallest absolute Gasteiger partial charge is 0.326 e. The molecular formula is C48H73N5O11. The van der Waals surface area contributed by atoms with Crippen molar-refractivity contribution in [2.24, 2.45) is 5.92 Å². The summed E-state index contributed by atoms with van der Waals surface area (Å²) in [6.07, 6.45) is 14.2. The SMILES string of the molecule is CCCCCCCCCCCCCCCC(=O)N[C@@H](Cc1ccccc1)C(=O)N[C@@H](CO)C(=O)N[C@@H](Cc1ccc(O)cc1)C(=O)N[C@@H](CCC(=O)O)C(=O)N[C@@H](CC(C)C)C(=O)O. The molecular weight excluding hydrogens is 823 g/mol. The fourth-order valence-electron chi connectivity index (χ4n) is 7.22. The fraction of sp³-hybridized carbons (Fsp3) is 0.604. The number of amides is 5. The monoisotopic (exact) mass is 896 g/mol. The number of aliphatic hydroxyl groups is 1. The van der Waals surface area contributed by atoms with Gasteiger partial charge in [0.1, 0.15) is 36.0 Å². The molecule has 2 rings (SSSR count). The van der Waals surface area contributed by atoms with Gasteiger partial charge in [-0.1, -0.05) is 140 Å². The highest BCUT2D eigenvalue weighted by atomic mass is 16.4. The first kappa shape index (κ1) is 54.6. The summed E-state index contributed by atoms with van der Waals surface area (Å²) in [6, 6.07) is 7.60. The van der Waals surface area contributed by atoms with Gasteiger partial charge in [0.25, 0.3) is 0 Å². The molecule has 0 bridgehead atoms. The predicted octanol–water partition coefficient (Wildman–Crippen LogP) is 5.07. The highest BCUT2D eigenvalue weighted by Crippen LogP contribution is 2.15. The van der Waals surface area contributed by atoms with E-state index in [4.69, 9.17) is 0 Å². The quantitative estimate of drug-likeness (QED) is 0.0419. The molecule has 9 N–H and O–H groups in total. The Morgan fingerprint density at radius 1 is 0.516 bits per heavy atom. The maximum atomic E-state index is 13.9. The zero-order valence-electron chi connectivity index (χ0n) is 37.9. The Labute approximate surface area is 378 Å². The minimum Gasteiger partial charge on any atom is -0.508 e. The summed E-state index contributed by atoms with van der Waals surface area (Å²) in [7, 11) is 0. The number of hydrogen-bond donors (Lipinski definition) is 9. The molecule has 0 radical (unpaired) electrons. The van der Waals surface area contributed by atoms with Gasteiger partial charge in [-0.15, -0.1) is 0 Å². The van der Waals surface area contributed by atoms with E-state index < -0.39 is 85.2 Å². The Balaban J connectivity index is 2.15. The molecule has 16 heteroatoms. The van der Waals surface area contributed by atoms with Crippen LogP contribution in [0.3, 0.4) is 0 Å². The van der Waals surface area contributed by atoms with Gasteiger partial charge in [-0.3, -0.25) is 28.8 Å². The van der Waals surface area contributed by atoms with Crippen LogP contribution in [0.2, 0.25) is 0 Å². The number of aliphatic hydroxyl groups excluding tert-OH is 1. The number of hydrogen-bond acceptors (Lipinski definition) is 9. The molecule has 0 spiro atoms. The highest BCUT2D eigenvalue weighted by molar-refractivity contribution is 5.96. The van der Waals surface area contributed by atoms with E-state index in [1.807, 2.05) is 6.07 Å². The van der Waals surface area contributed by atoms with Crippen LogP contribution in [-0.2, 0) is 46.4 Å². The van der Waals surface area contributed by atoms with Crippen LogP contribution in [-0.4, -0.2) is 98.7 Å². The molecule has 356 valence electrons. The van der Waals surface area contributed by atoms with E-state index >= 15 is 0 Å². The number of carboxylic acid groups (broad SMARTS) is 2. The number of aliphatic carboxylic acids is 2. The van der Waals surface area contributed by atoms with E-state index in [0.29, 0.717) is 12.0 Å². The standard InChI is InChI=1S/C48H73N5O11/c1-4-5-6-7-8-9-10-11-12-13-14-15-19-22-42(56)49-38(30-34-20-17-16-18-21-34)45(60)53-41(32-54)47(62)51-39(31-35-23-25-36(55)26-24-35)46(61)50-37(27-28-43(57)58)44(59)52-40(48(63)64)29-33(2)3/h16-18,20-21,23-26,33,37-41,54-55H,4-15,19,22,27-32H2,1-3H3,(H,49,56)(H,50,61)(H,51,62)(H,52,59)(H,53,60)(H,57,58)(H,63,64)/t37-,38-,39-,40-,41-/m0/s1. The zero-order chi connectivity index (χ0) is 47.3. The van der Waals surface area contributed by atoms with Gasteiger partial charge in [-0.2, -0.15) is 0 Å². The third-order valence-electron chi connectivity index (χ3n) is 10.9. The Bertz CT molecular complexity index is 1720. The Morgan fingerprint density at radius 3 is 1.45 bits per heavy atom. The van der Waals surface area contributed by atoms with Crippen molar-refractivity contribution in [2.45, 2.75) is 173 Å². The number of rotatable bonds is 34. The first-order valence-corrected chi connectivity index (χ1v) is 23.0. The summed E-state index contributed by atoms with van der Waals surface area (Å²) >= 11 is 0. The molecule has 0 saturated carbocycles. The van der Waals surface area contributed by atoms with Crippen molar-refractivity contribution < 1.29 is 54.0 Å². The number of carbonyl (C=O) groups excluding carboxylic acids is 5. The Morgan fingerprint density at radius 2 is 0.953 bits per heavy atom. The first-order chi connectivity index (χ1) is 30.6. The molecule has 0 aliphatic rings. The van der Waals surface area contributed by atoms with E-state index in [-0.39, 0.29) is 43.3 Å². The maximum absolute atomic E-state index is 13.9. The number of carbonyl (C=O) groups is 7. The van der Waals surface area contributed by atoms with Crippen LogP contribution in [0.25, 0.3) is 0 Å². The van der Waals surface area contributed by atoms with Crippen LogP contribution in [0.1, 0.15) is 141 Å². The second kappa shape index (κ2) is 31.4. The summed E-state index contributed by atoms with van der Waals surface area (Å²) in [4.78, 5) is 91.3. The van der Waals surface area contributed by atoms with E-state index in [2.05, 4.69) is 33.5 Å². The number of benzene rings is 2. The number of phenolic OH excluding ortho intramolecular Hbond substituents is 1. The summed E-state index contributed by atoms with van der Waals surface area (Å²) in [5, 5.41) is 51.8. The topological polar surface area (TPSA) is 261 Å². The van der Waals surface area contributed by atoms with Crippen molar-refractivity contribution in [3.63, 3.8) is 0 Å². The number of nitrogens with one attached hydrogen (secondary N) is 5. The van der Waals surface area contributed by atoms with Crippen LogP contribution in [0, 0.1) is 5.92 Å². The lowest BCUT2D eigenvalue weighted by Gasteiger charge is -2.26. The number of unbranched alkanes of at least 4 members (excludes halogenated alkanes) is 12. The summed E-state index contributed by atoms with van der Waals surface area (Å²) in [5.74, 6) is -6.77. The fourth-order valence-corrected chi connectivity index (χ4v) is 7.22. The average Bonchev–Trinajstić information content (AvgIpc) is 3.25. The van der Waals surface area contributed by atoms with Crippen molar-refractivity contribution in [2.75, 3.05) is 6.61 Å². The van der Waals surface area contributed by atoms with E-state index in [1.165, 1.54) is 82.1 Å². The Kier molecular flexibility index (Phi) is 26.8. The lowest BCUT2D eigenvalue weighted by atomic mass is 10.0. The van der Waals surface area contributed by atoms with Crippen molar-refractivity contribution in [1.82, 2.24) is 26.6 Å². The van der Waals surface area contributed by atoms with Crippen molar-refractivity contribution in [1.29, 1.82) is 0 Å². The predicted molar refractivity (Wildman–Crippen MR) is 243 cm³/mol. The second-order valence-corrected chi connectivity index (χ2v) is 17.0. The normalized spacial score (nSPS) is 13.5. The molecule has 0 aliphatic carbocycles. The maximum Gasteiger partial charge on any atom is 0.326 e. The molecule has 2 aromatic carbocycles. The van der Waals surface area contributed by atoms with Crippen molar-refractivity contribution >= 4 is 41.5 Å². The summed E-state index contributed by atoms with van der Waals surface area (Å²) in [6.45, 7) is 4.83. The van der Waals surface area contributed by atoms with Crippen LogP contribution in [0.15, 0.2) is 54.6 Å². The molecule has 64 heavy (non-hydrogen) atoms. The van der Waals surface area contributed by atoms with Gasteiger partial charge in [-0.05, 0) is 48.4 Å². The molecule has 0 unspecified atom stereocenters. The molecule has 0 heterocycles. The summed E-state index contributed by atoms with van der Waals surface area (Å²) < 4.78 is 0. The van der Waals surface area contributed by atoms with Gasteiger partial charge in [0, 0.05) is 25.7 Å². The van der Waals surface area contributed by atoms with Crippen LogP contribution >= 0.6 is 0 Å². The summed E-state index contributed by atoms with van der Waals surface area (Å²) in [5.41, 5.74) is 1.19. The Hall–Kier alpha value is -5.51. The minimum absolute atomic E-state index is 0.0594. The molecule has 2 aromatic rings. The van der Waals surface area contributed by atoms with Crippen LogP contribution < -0.4 is 26.6 Å². The van der Waals surface area contributed by atoms with Gasteiger partial charge in [-0.25, -0.2) is 4.79 Å². The van der Waals surface area contributed by atoms with E-state index in [1.54, 1.807) is 38.1 Å². The number of phenols is 1. The van der Waals surface area contributed by atoms with Gasteiger partial charge in [0.15, 0.2) is 0 Å². The second-order valence-electron chi connectivity index (χ2n) is 17.0. The first-order valence-electron chi connectivity index (χ1n) is 23.0. The molecule has 16 nitrogen and oxygen atoms in total. The van der Waals surface area contributed by atoms with Gasteiger partial charge in [0.05, 0.1) is 6.61 Å². The lowest BCUT2D eigenvalue weighted by Crippen LogP contribution is -2.60. The number of aromatic hydroxyl groups is 1. The van der Waals surface area contributed by atoms with Gasteiger partial charge >= 0.3 is 11.9 Å². The average molecular weight is 896 g/mol. The van der Waals surface area contributed by atoms with Crippen molar-refractivity contribution in [3.8, 4) is 5.75 Å².